The van der Waals surface area contributed by atoms with Crippen LogP contribution in [0.3, 0.4) is 0 Å². The molecule has 0 aliphatic carbocycles. The average Bonchev–Trinajstić information content (AvgIpc) is 2.67. The van der Waals surface area contributed by atoms with Gasteiger partial charge in [-0.1, -0.05) is 29.8 Å². The van der Waals surface area contributed by atoms with Gasteiger partial charge in [-0.2, -0.15) is 4.31 Å². The van der Waals surface area contributed by atoms with Crippen molar-refractivity contribution in [1.29, 1.82) is 0 Å². The summed E-state index contributed by atoms with van der Waals surface area (Å²) in [6.07, 6.45) is 4.24. The highest BCUT2D eigenvalue weighted by molar-refractivity contribution is 7.99. The van der Waals surface area contributed by atoms with Crippen LogP contribution in [0.1, 0.15) is 29.6 Å². The molecule has 138 valence electrons. The lowest BCUT2D eigenvalue weighted by Gasteiger charge is -2.25. The molecule has 0 radical (unpaired) electrons. The van der Waals surface area contributed by atoms with Gasteiger partial charge in [0.05, 0.1) is 10.8 Å². The lowest BCUT2D eigenvalue weighted by atomic mass is 10.1. The molecule has 3 rings (SSSR count). The molecule has 0 atom stereocenters. The Balaban J connectivity index is 1.62. The molecule has 0 bridgehead atoms. The second-order valence-electron chi connectivity index (χ2n) is 6.02. The van der Waals surface area contributed by atoms with E-state index in [0.717, 1.165) is 19.3 Å². The third-order valence-corrected chi connectivity index (χ3v) is 7.26. The van der Waals surface area contributed by atoms with Gasteiger partial charge in [0.1, 0.15) is 4.90 Å². The van der Waals surface area contributed by atoms with Gasteiger partial charge in [-0.05, 0) is 49.2 Å². The first-order valence-electron chi connectivity index (χ1n) is 8.34. The van der Waals surface area contributed by atoms with Crippen LogP contribution in [0.4, 0.5) is 0 Å². The molecular formula is C18H19ClN2O3S2. The van der Waals surface area contributed by atoms with E-state index in [-0.39, 0.29) is 16.4 Å². The average molecular weight is 411 g/mol. The van der Waals surface area contributed by atoms with Crippen molar-refractivity contribution in [3.8, 4) is 0 Å². The third-order valence-electron chi connectivity index (χ3n) is 4.18. The summed E-state index contributed by atoms with van der Waals surface area (Å²) < 4.78 is 26.7. The highest BCUT2D eigenvalue weighted by atomic mass is 35.5. The fourth-order valence-corrected chi connectivity index (χ4v) is 5.04. The molecule has 2 aromatic rings. The van der Waals surface area contributed by atoms with Gasteiger partial charge in [-0.3, -0.25) is 4.79 Å². The van der Waals surface area contributed by atoms with Crippen molar-refractivity contribution in [3.05, 3.63) is 53.2 Å². The Bertz CT molecular complexity index is 862. The number of carbonyl (C=O) groups excluding carboxylic acids is 1. The number of nitrogens with zero attached hydrogens (tertiary/aromatic N) is 2. The summed E-state index contributed by atoms with van der Waals surface area (Å²) in [4.78, 5) is 16.6. The second kappa shape index (κ2) is 8.52. The highest BCUT2D eigenvalue weighted by Crippen LogP contribution is 2.23. The highest BCUT2D eigenvalue weighted by Gasteiger charge is 2.26. The van der Waals surface area contributed by atoms with Gasteiger partial charge in [0.2, 0.25) is 10.0 Å². The number of piperidine rings is 1. The van der Waals surface area contributed by atoms with Crippen LogP contribution in [0.5, 0.6) is 0 Å². The first-order chi connectivity index (χ1) is 12.5. The first kappa shape index (κ1) is 19.4. The smallest absolute Gasteiger partial charge is 0.244 e. The molecule has 0 amide bonds. The monoisotopic (exact) mass is 410 g/mol. The van der Waals surface area contributed by atoms with E-state index >= 15 is 0 Å². The normalized spacial score (nSPS) is 15.7. The van der Waals surface area contributed by atoms with Crippen molar-refractivity contribution >= 4 is 39.2 Å². The lowest BCUT2D eigenvalue weighted by Crippen LogP contribution is -2.35. The largest absolute Gasteiger partial charge is 0.293 e. The number of aromatic nitrogens is 1. The molecule has 0 saturated carbocycles. The molecule has 2 heterocycles. The number of ketones is 1. The molecule has 1 aliphatic rings. The maximum atomic E-state index is 12.6. The summed E-state index contributed by atoms with van der Waals surface area (Å²) in [5.41, 5.74) is 0.589. The van der Waals surface area contributed by atoms with Crippen LogP contribution in [0.15, 0.2) is 52.5 Å². The number of hydrogen-bond donors (Lipinski definition) is 0. The van der Waals surface area contributed by atoms with Crippen LogP contribution in [0.2, 0.25) is 5.02 Å². The Morgan fingerprint density at radius 2 is 1.77 bits per heavy atom. The number of halogens is 1. The van der Waals surface area contributed by atoms with Crippen LogP contribution in [0, 0.1) is 0 Å². The Morgan fingerprint density at radius 1 is 1.08 bits per heavy atom. The Hall–Kier alpha value is -1.41. The number of sulfonamides is 1. The molecule has 0 N–H and O–H groups in total. The molecule has 1 fully saturated rings. The van der Waals surface area contributed by atoms with Crippen LogP contribution in [0.25, 0.3) is 0 Å². The lowest BCUT2D eigenvalue weighted by molar-refractivity contribution is 0.102. The summed E-state index contributed by atoms with van der Waals surface area (Å²) in [6.45, 7) is 1.13. The predicted octanol–water partition coefficient (Wildman–Crippen LogP) is 3.88. The summed E-state index contributed by atoms with van der Waals surface area (Å²) in [5, 5.41) is 1.20. The quantitative estimate of drug-likeness (QED) is 0.534. The Kier molecular flexibility index (Phi) is 6.34. The zero-order valence-electron chi connectivity index (χ0n) is 14.1. The SMILES string of the molecule is O=C(CSc1ccc(S(=O)(=O)N2CCCCC2)cn1)c1ccc(Cl)cc1. The maximum Gasteiger partial charge on any atom is 0.244 e. The molecule has 0 spiro atoms. The van der Waals surface area contributed by atoms with E-state index in [9.17, 15) is 13.2 Å². The maximum absolute atomic E-state index is 12.6. The molecule has 5 nitrogen and oxygen atoms in total. The minimum atomic E-state index is -3.48. The second-order valence-corrected chi connectivity index (χ2v) is 9.39. The van der Waals surface area contributed by atoms with Gasteiger partial charge >= 0.3 is 0 Å². The van der Waals surface area contributed by atoms with Crippen molar-refractivity contribution in [2.24, 2.45) is 0 Å². The summed E-state index contributed by atoms with van der Waals surface area (Å²) in [7, 11) is -3.48. The van der Waals surface area contributed by atoms with Crippen molar-refractivity contribution in [1.82, 2.24) is 9.29 Å². The summed E-state index contributed by atoms with van der Waals surface area (Å²) >= 11 is 7.10. The Morgan fingerprint density at radius 3 is 2.38 bits per heavy atom. The number of benzene rings is 1. The number of rotatable bonds is 6. The van der Waals surface area contributed by atoms with Gasteiger partial charge in [0, 0.05) is 29.9 Å². The Labute approximate surface area is 162 Å². The van der Waals surface area contributed by atoms with E-state index < -0.39 is 10.0 Å². The fraction of sp³-hybridized carbons (Fsp3) is 0.333. The standard InChI is InChI=1S/C18H19ClN2O3S2/c19-15-6-4-14(5-7-15)17(22)13-25-18-9-8-16(12-20-18)26(23,24)21-10-2-1-3-11-21/h4-9,12H,1-3,10-11,13H2. The molecular weight excluding hydrogens is 392 g/mol. The topological polar surface area (TPSA) is 67.3 Å². The third kappa shape index (κ3) is 4.65. The van der Waals surface area contributed by atoms with E-state index in [1.807, 2.05) is 0 Å². The molecule has 26 heavy (non-hydrogen) atoms. The van der Waals surface area contributed by atoms with Gasteiger partial charge < -0.3 is 0 Å². The molecule has 1 saturated heterocycles. The number of Topliss-reactive ketones (excluding diaryl/α,β-unsaturated/α-hetero) is 1. The van der Waals surface area contributed by atoms with E-state index in [2.05, 4.69) is 4.98 Å². The van der Waals surface area contributed by atoms with Gasteiger partial charge in [0.15, 0.2) is 5.78 Å². The number of thioether (sulfide) groups is 1. The van der Waals surface area contributed by atoms with Crippen LogP contribution < -0.4 is 0 Å². The van der Waals surface area contributed by atoms with Crippen molar-refractivity contribution in [2.75, 3.05) is 18.8 Å². The molecule has 1 aliphatic heterocycles. The van der Waals surface area contributed by atoms with Crippen molar-refractivity contribution in [3.63, 3.8) is 0 Å². The first-order valence-corrected chi connectivity index (χ1v) is 11.1. The van der Waals surface area contributed by atoms with Gasteiger partial charge in [0.25, 0.3) is 0 Å². The fourth-order valence-electron chi connectivity index (χ4n) is 2.72. The van der Waals surface area contributed by atoms with Crippen molar-refractivity contribution < 1.29 is 13.2 Å². The number of pyridine rings is 1. The van der Waals surface area contributed by atoms with Crippen LogP contribution >= 0.6 is 23.4 Å². The van der Waals surface area contributed by atoms with E-state index in [1.165, 1.54) is 22.3 Å². The molecule has 8 heteroatoms. The molecule has 1 aromatic heterocycles. The summed E-state index contributed by atoms with van der Waals surface area (Å²) in [5.74, 6) is 0.200. The zero-order chi connectivity index (χ0) is 18.6. The van der Waals surface area contributed by atoms with E-state index in [1.54, 1.807) is 36.4 Å². The van der Waals surface area contributed by atoms with Gasteiger partial charge in [-0.25, -0.2) is 13.4 Å². The minimum Gasteiger partial charge on any atom is -0.293 e. The van der Waals surface area contributed by atoms with Gasteiger partial charge in [-0.15, -0.1) is 0 Å². The zero-order valence-corrected chi connectivity index (χ0v) is 16.5. The molecule has 1 aromatic carbocycles. The van der Waals surface area contributed by atoms with Crippen LogP contribution in [-0.4, -0.2) is 42.3 Å². The van der Waals surface area contributed by atoms with E-state index in [4.69, 9.17) is 11.6 Å². The minimum absolute atomic E-state index is 0.0292. The number of carbonyl (C=O) groups is 1. The van der Waals surface area contributed by atoms with Crippen molar-refractivity contribution in [2.45, 2.75) is 29.2 Å². The summed E-state index contributed by atoms with van der Waals surface area (Å²) in [6, 6.07) is 9.94. The predicted molar refractivity (Wildman–Crippen MR) is 103 cm³/mol. The number of hydrogen-bond acceptors (Lipinski definition) is 5. The molecule has 0 unspecified atom stereocenters. The van der Waals surface area contributed by atoms with Crippen LogP contribution in [-0.2, 0) is 10.0 Å². The van der Waals surface area contributed by atoms with E-state index in [0.29, 0.717) is 28.7 Å².